The van der Waals surface area contributed by atoms with Crippen molar-refractivity contribution in [3.63, 3.8) is 0 Å². The van der Waals surface area contributed by atoms with Gasteiger partial charge in [0.05, 0.1) is 18.8 Å². The number of carbonyl (C=O) groups excluding carboxylic acids is 1. The first-order valence-corrected chi connectivity index (χ1v) is 19.6. The minimum Gasteiger partial charge on any atom is -0.394 e. The van der Waals surface area contributed by atoms with E-state index in [0.29, 0.717) is 6.42 Å². The fourth-order valence-corrected chi connectivity index (χ4v) is 5.88. The smallest absolute Gasteiger partial charge is 0.220 e. The predicted octanol–water partition coefficient (Wildman–Crippen LogP) is 11.7. The number of hydrogen-bond donors (Lipinski definition) is 3. The molecule has 0 radical (unpaired) electrons. The lowest BCUT2D eigenvalue weighted by molar-refractivity contribution is -0.123. The van der Waals surface area contributed by atoms with Gasteiger partial charge in [0, 0.05) is 6.42 Å². The highest BCUT2D eigenvalue weighted by Gasteiger charge is 2.17. The molecule has 44 heavy (non-hydrogen) atoms. The summed E-state index contributed by atoms with van der Waals surface area (Å²) >= 11 is 0. The average molecular weight is 620 g/mol. The summed E-state index contributed by atoms with van der Waals surface area (Å²) in [6.45, 7) is 4.29. The van der Waals surface area contributed by atoms with Crippen LogP contribution in [0.1, 0.15) is 206 Å². The SMILES string of the molecule is CCCCCCCCCCC/C=C/C(O)C(CO)NC(=O)CCCCCCCCC/C=C\CCCCCCCCCCCC. The maximum Gasteiger partial charge on any atom is 0.220 e. The molecule has 2 unspecified atom stereocenters. The van der Waals surface area contributed by atoms with E-state index < -0.39 is 12.1 Å². The molecule has 0 heterocycles. The Bertz CT molecular complexity index is 632. The number of unbranched alkanes of at least 4 members (excludes halogenated alkanes) is 26. The summed E-state index contributed by atoms with van der Waals surface area (Å²) in [5.41, 5.74) is 0. The van der Waals surface area contributed by atoms with Crippen molar-refractivity contribution in [2.75, 3.05) is 6.61 Å². The molecule has 0 saturated heterocycles. The molecule has 2 atom stereocenters. The number of amides is 1. The Morgan fingerprint density at radius 2 is 0.864 bits per heavy atom. The number of aliphatic hydroxyl groups is 2. The molecular weight excluding hydrogens is 542 g/mol. The standard InChI is InChI=1S/C40H77NO3/c1-3-5-7-9-11-13-15-16-17-18-19-20-21-22-23-24-26-28-30-32-34-36-40(44)41-38(37-42)39(43)35-33-31-29-27-25-14-12-10-8-6-4-2/h20-21,33,35,38-39,42-43H,3-19,22-32,34,36-37H2,1-2H3,(H,41,44)/b21-20-,35-33+. The largest absolute Gasteiger partial charge is 0.394 e. The Hall–Kier alpha value is -1.13. The Morgan fingerprint density at radius 1 is 0.523 bits per heavy atom. The van der Waals surface area contributed by atoms with Gasteiger partial charge in [-0.25, -0.2) is 0 Å². The van der Waals surface area contributed by atoms with Crippen LogP contribution in [-0.4, -0.2) is 34.9 Å². The third-order valence-corrected chi connectivity index (χ3v) is 8.93. The van der Waals surface area contributed by atoms with Crippen LogP contribution in [0.25, 0.3) is 0 Å². The quantitative estimate of drug-likeness (QED) is 0.0488. The molecule has 0 aliphatic heterocycles. The van der Waals surface area contributed by atoms with Crippen LogP contribution in [0.2, 0.25) is 0 Å². The van der Waals surface area contributed by atoms with E-state index in [9.17, 15) is 15.0 Å². The molecule has 0 fully saturated rings. The zero-order valence-corrected chi connectivity index (χ0v) is 29.7. The monoisotopic (exact) mass is 620 g/mol. The van der Waals surface area contributed by atoms with Gasteiger partial charge >= 0.3 is 0 Å². The molecule has 0 spiro atoms. The molecule has 0 aromatic heterocycles. The second-order valence-electron chi connectivity index (χ2n) is 13.3. The summed E-state index contributed by atoms with van der Waals surface area (Å²) in [6, 6.07) is -0.620. The van der Waals surface area contributed by atoms with Crippen LogP contribution < -0.4 is 5.32 Å². The summed E-state index contributed by atoms with van der Waals surface area (Å²) in [5.74, 6) is -0.0694. The van der Waals surface area contributed by atoms with Crippen molar-refractivity contribution < 1.29 is 15.0 Å². The van der Waals surface area contributed by atoms with Crippen LogP contribution in [0.5, 0.6) is 0 Å². The first kappa shape index (κ1) is 42.9. The lowest BCUT2D eigenvalue weighted by Gasteiger charge is -2.20. The van der Waals surface area contributed by atoms with Crippen LogP contribution in [0.15, 0.2) is 24.3 Å². The highest BCUT2D eigenvalue weighted by molar-refractivity contribution is 5.76. The molecule has 0 saturated carbocycles. The second-order valence-corrected chi connectivity index (χ2v) is 13.3. The van der Waals surface area contributed by atoms with Gasteiger partial charge in [0.1, 0.15) is 0 Å². The summed E-state index contributed by atoms with van der Waals surface area (Å²) < 4.78 is 0. The third-order valence-electron chi connectivity index (χ3n) is 8.93. The molecule has 3 N–H and O–H groups in total. The van der Waals surface area contributed by atoms with Gasteiger partial charge in [0.15, 0.2) is 0 Å². The van der Waals surface area contributed by atoms with Crippen molar-refractivity contribution >= 4 is 5.91 Å². The Labute approximate surface area is 275 Å². The van der Waals surface area contributed by atoms with E-state index in [2.05, 4.69) is 31.3 Å². The highest BCUT2D eigenvalue weighted by atomic mass is 16.3. The van der Waals surface area contributed by atoms with Crippen LogP contribution in [0, 0.1) is 0 Å². The zero-order valence-electron chi connectivity index (χ0n) is 29.7. The number of allylic oxidation sites excluding steroid dienone is 3. The van der Waals surface area contributed by atoms with E-state index in [1.54, 1.807) is 6.08 Å². The summed E-state index contributed by atoms with van der Waals surface area (Å²) in [6.07, 6.45) is 45.6. The van der Waals surface area contributed by atoms with Crippen LogP contribution >= 0.6 is 0 Å². The summed E-state index contributed by atoms with van der Waals surface area (Å²) in [5, 5.41) is 22.9. The van der Waals surface area contributed by atoms with E-state index >= 15 is 0 Å². The van der Waals surface area contributed by atoms with E-state index in [1.807, 2.05) is 6.08 Å². The number of aliphatic hydroxyl groups excluding tert-OH is 2. The molecule has 4 heteroatoms. The van der Waals surface area contributed by atoms with Gasteiger partial charge < -0.3 is 15.5 Å². The first-order valence-electron chi connectivity index (χ1n) is 19.6. The van der Waals surface area contributed by atoms with Crippen molar-refractivity contribution in [1.29, 1.82) is 0 Å². The molecule has 0 aliphatic carbocycles. The van der Waals surface area contributed by atoms with Crippen LogP contribution in [0.4, 0.5) is 0 Å². The van der Waals surface area contributed by atoms with Gasteiger partial charge in [-0.05, 0) is 44.9 Å². The predicted molar refractivity (Wildman–Crippen MR) is 193 cm³/mol. The molecule has 0 rings (SSSR count). The van der Waals surface area contributed by atoms with Crippen LogP contribution in [0.3, 0.4) is 0 Å². The molecule has 0 bridgehead atoms. The number of carbonyl (C=O) groups is 1. The highest BCUT2D eigenvalue weighted by Crippen LogP contribution is 2.14. The molecule has 0 aliphatic rings. The van der Waals surface area contributed by atoms with Crippen molar-refractivity contribution in [2.45, 2.75) is 219 Å². The fraction of sp³-hybridized carbons (Fsp3) is 0.875. The summed E-state index contributed by atoms with van der Waals surface area (Å²) in [4.78, 5) is 12.3. The molecule has 4 nitrogen and oxygen atoms in total. The zero-order chi connectivity index (χ0) is 32.2. The lowest BCUT2D eigenvalue weighted by Crippen LogP contribution is -2.45. The van der Waals surface area contributed by atoms with Crippen LogP contribution in [-0.2, 0) is 4.79 Å². The number of nitrogens with one attached hydrogen (secondary N) is 1. The van der Waals surface area contributed by atoms with Gasteiger partial charge in [-0.3, -0.25) is 4.79 Å². The average Bonchev–Trinajstić information content (AvgIpc) is 3.03. The topological polar surface area (TPSA) is 69.6 Å². The Morgan fingerprint density at radius 3 is 1.25 bits per heavy atom. The van der Waals surface area contributed by atoms with Crippen molar-refractivity contribution in [3.05, 3.63) is 24.3 Å². The number of hydrogen-bond acceptors (Lipinski definition) is 3. The lowest BCUT2D eigenvalue weighted by atomic mass is 10.1. The van der Waals surface area contributed by atoms with E-state index in [4.69, 9.17) is 0 Å². The second kappa shape index (κ2) is 36.3. The maximum atomic E-state index is 12.3. The van der Waals surface area contributed by atoms with E-state index in [1.165, 1.54) is 161 Å². The number of rotatable bonds is 35. The van der Waals surface area contributed by atoms with Gasteiger partial charge in [0.25, 0.3) is 0 Å². The van der Waals surface area contributed by atoms with E-state index in [-0.39, 0.29) is 12.5 Å². The molecular formula is C40H77NO3. The van der Waals surface area contributed by atoms with Gasteiger partial charge in [-0.15, -0.1) is 0 Å². The van der Waals surface area contributed by atoms with Crippen molar-refractivity contribution in [3.8, 4) is 0 Å². The molecule has 1 amide bonds. The van der Waals surface area contributed by atoms with Crippen molar-refractivity contribution in [1.82, 2.24) is 5.32 Å². The first-order chi connectivity index (χ1) is 21.7. The van der Waals surface area contributed by atoms with Crippen molar-refractivity contribution in [2.24, 2.45) is 0 Å². The minimum atomic E-state index is -0.836. The summed E-state index contributed by atoms with van der Waals surface area (Å²) in [7, 11) is 0. The maximum absolute atomic E-state index is 12.3. The van der Waals surface area contributed by atoms with Gasteiger partial charge in [-0.2, -0.15) is 0 Å². The normalized spacial score (nSPS) is 13.3. The molecule has 260 valence electrons. The fourth-order valence-electron chi connectivity index (χ4n) is 5.88. The Balaban J connectivity index is 3.56. The molecule has 0 aromatic rings. The third kappa shape index (κ3) is 32.3. The van der Waals surface area contributed by atoms with Gasteiger partial charge in [0.2, 0.25) is 5.91 Å². The minimum absolute atomic E-state index is 0.0694. The Kier molecular flexibility index (Phi) is 35.4. The van der Waals surface area contributed by atoms with E-state index in [0.717, 1.165) is 25.7 Å². The van der Waals surface area contributed by atoms with Gasteiger partial charge in [-0.1, -0.05) is 179 Å². The molecule has 0 aromatic carbocycles.